The second kappa shape index (κ2) is 4.17. The van der Waals surface area contributed by atoms with Crippen LogP contribution in [0.4, 0.5) is 5.95 Å². The first-order valence-electron chi connectivity index (χ1n) is 4.94. The standard InChI is InChI=1S/C11H12N4O2/c1-7-6-15(11(12)14-7)13-5-8-3-2-4-9(16)10(8)17/h2-6,16-17H,1H3,(H2,12,14). The third-order valence-corrected chi connectivity index (χ3v) is 2.20. The van der Waals surface area contributed by atoms with E-state index in [2.05, 4.69) is 10.1 Å². The summed E-state index contributed by atoms with van der Waals surface area (Å²) in [6.07, 6.45) is 3.05. The third kappa shape index (κ3) is 2.20. The van der Waals surface area contributed by atoms with Gasteiger partial charge < -0.3 is 15.9 Å². The fourth-order valence-corrected chi connectivity index (χ4v) is 1.37. The normalized spacial score (nSPS) is 11.1. The van der Waals surface area contributed by atoms with Crippen LogP contribution in [-0.2, 0) is 0 Å². The molecule has 4 N–H and O–H groups in total. The van der Waals surface area contributed by atoms with E-state index >= 15 is 0 Å². The van der Waals surface area contributed by atoms with Crippen LogP contribution in [0, 0.1) is 6.92 Å². The highest BCUT2D eigenvalue weighted by atomic mass is 16.3. The van der Waals surface area contributed by atoms with Crippen LogP contribution in [0.2, 0.25) is 0 Å². The Labute approximate surface area is 97.7 Å². The van der Waals surface area contributed by atoms with Gasteiger partial charge in [-0.1, -0.05) is 6.07 Å². The van der Waals surface area contributed by atoms with Crippen LogP contribution in [-0.4, -0.2) is 26.1 Å². The SMILES string of the molecule is Cc1cn(N=Cc2cccc(O)c2O)c(N)n1. The topological polar surface area (TPSA) is 96.7 Å². The molecule has 1 heterocycles. The van der Waals surface area contributed by atoms with Crippen molar-refractivity contribution in [3.63, 3.8) is 0 Å². The van der Waals surface area contributed by atoms with Gasteiger partial charge in [0, 0.05) is 5.56 Å². The number of hydrogen-bond donors (Lipinski definition) is 3. The summed E-state index contributed by atoms with van der Waals surface area (Å²) < 4.78 is 1.39. The average Bonchev–Trinajstić information content (AvgIpc) is 2.60. The van der Waals surface area contributed by atoms with E-state index in [1.165, 1.54) is 17.0 Å². The molecule has 1 aromatic carbocycles. The van der Waals surface area contributed by atoms with Gasteiger partial charge in [-0.15, -0.1) is 0 Å². The van der Waals surface area contributed by atoms with Gasteiger partial charge in [-0.3, -0.25) is 0 Å². The molecule has 1 aromatic heterocycles. The Morgan fingerprint density at radius 1 is 1.41 bits per heavy atom. The second-order valence-corrected chi connectivity index (χ2v) is 3.54. The summed E-state index contributed by atoms with van der Waals surface area (Å²) in [5.41, 5.74) is 6.75. The zero-order valence-electron chi connectivity index (χ0n) is 9.20. The molecule has 0 aliphatic carbocycles. The average molecular weight is 232 g/mol. The minimum Gasteiger partial charge on any atom is -0.504 e. The summed E-state index contributed by atoms with van der Waals surface area (Å²) in [5.74, 6) is -0.145. The maximum Gasteiger partial charge on any atom is 0.221 e. The van der Waals surface area contributed by atoms with E-state index in [9.17, 15) is 10.2 Å². The zero-order chi connectivity index (χ0) is 12.4. The number of aromatic nitrogens is 2. The summed E-state index contributed by atoms with van der Waals surface area (Å²) in [6.45, 7) is 1.80. The molecule has 0 aliphatic rings. The summed E-state index contributed by atoms with van der Waals surface area (Å²) in [5, 5.41) is 22.9. The number of nitrogen functional groups attached to an aromatic ring is 1. The van der Waals surface area contributed by atoms with Crippen molar-refractivity contribution in [2.75, 3.05) is 5.73 Å². The van der Waals surface area contributed by atoms with Crippen LogP contribution in [0.3, 0.4) is 0 Å². The molecule has 88 valence electrons. The van der Waals surface area contributed by atoms with Gasteiger partial charge in [-0.2, -0.15) is 5.10 Å². The summed E-state index contributed by atoms with van der Waals surface area (Å²) >= 11 is 0. The predicted molar refractivity (Wildman–Crippen MR) is 64.1 cm³/mol. The Balaban J connectivity index is 2.32. The maximum absolute atomic E-state index is 9.55. The van der Waals surface area contributed by atoms with Gasteiger partial charge in [-0.25, -0.2) is 9.66 Å². The third-order valence-electron chi connectivity index (χ3n) is 2.20. The first-order valence-corrected chi connectivity index (χ1v) is 4.94. The minimum atomic E-state index is -0.216. The Morgan fingerprint density at radius 3 is 2.82 bits per heavy atom. The highest BCUT2D eigenvalue weighted by Crippen LogP contribution is 2.26. The molecule has 0 spiro atoms. The lowest BCUT2D eigenvalue weighted by molar-refractivity contribution is 0.403. The van der Waals surface area contributed by atoms with Crippen molar-refractivity contribution in [2.24, 2.45) is 5.10 Å². The van der Waals surface area contributed by atoms with Gasteiger partial charge in [0.1, 0.15) is 0 Å². The Bertz CT molecular complexity index is 575. The molecule has 0 saturated carbocycles. The molecule has 0 atom stereocenters. The quantitative estimate of drug-likeness (QED) is 0.533. The fourth-order valence-electron chi connectivity index (χ4n) is 1.37. The number of aryl methyl sites for hydroxylation is 1. The summed E-state index contributed by atoms with van der Waals surface area (Å²) in [7, 11) is 0. The van der Waals surface area contributed by atoms with Gasteiger partial charge in [-0.05, 0) is 19.1 Å². The first-order chi connectivity index (χ1) is 8.08. The Hall–Kier alpha value is -2.50. The molecule has 0 fully saturated rings. The summed E-state index contributed by atoms with van der Waals surface area (Å²) in [4.78, 5) is 3.98. The smallest absolute Gasteiger partial charge is 0.221 e. The van der Waals surface area contributed by atoms with Crippen LogP contribution >= 0.6 is 0 Å². The number of para-hydroxylation sites is 1. The number of rotatable bonds is 2. The van der Waals surface area contributed by atoms with Crippen LogP contribution < -0.4 is 5.73 Å². The van der Waals surface area contributed by atoms with E-state index in [0.29, 0.717) is 5.56 Å². The minimum absolute atomic E-state index is 0.191. The molecule has 2 aromatic rings. The van der Waals surface area contributed by atoms with Gasteiger partial charge in [0.2, 0.25) is 5.95 Å². The van der Waals surface area contributed by atoms with Crippen LogP contribution in [0.1, 0.15) is 11.3 Å². The predicted octanol–water partition coefficient (Wildman–Crippen LogP) is 1.07. The molecule has 0 bridgehead atoms. The molecular weight excluding hydrogens is 220 g/mol. The van der Waals surface area contributed by atoms with Crippen molar-refractivity contribution in [1.82, 2.24) is 9.66 Å². The number of nitrogens with two attached hydrogens (primary N) is 1. The number of benzene rings is 1. The molecule has 6 nitrogen and oxygen atoms in total. The van der Waals surface area contributed by atoms with Crippen molar-refractivity contribution in [1.29, 1.82) is 0 Å². The number of imidazole rings is 1. The van der Waals surface area contributed by atoms with Crippen molar-refractivity contribution >= 4 is 12.2 Å². The van der Waals surface area contributed by atoms with Gasteiger partial charge in [0.05, 0.1) is 18.1 Å². The van der Waals surface area contributed by atoms with E-state index in [1.54, 1.807) is 25.3 Å². The maximum atomic E-state index is 9.55. The zero-order valence-corrected chi connectivity index (χ0v) is 9.20. The highest BCUT2D eigenvalue weighted by Gasteiger charge is 2.03. The number of phenols is 2. The first kappa shape index (κ1) is 11.0. The monoisotopic (exact) mass is 232 g/mol. The van der Waals surface area contributed by atoms with Gasteiger partial charge in [0.15, 0.2) is 11.5 Å². The molecule has 0 unspecified atom stereocenters. The Kier molecular flexibility index (Phi) is 2.70. The van der Waals surface area contributed by atoms with Crippen molar-refractivity contribution in [3.8, 4) is 11.5 Å². The molecule has 0 saturated heterocycles. The van der Waals surface area contributed by atoms with Gasteiger partial charge >= 0.3 is 0 Å². The van der Waals surface area contributed by atoms with E-state index in [1.807, 2.05) is 0 Å². The lowest BCUT2D eigenvalue weighted by Gasteiger charge is -2.00. The van der Waals surface area contributed by atoms with E-state index in [0.717, 1.165) is 5.69 Å². The Morgan fingerprint density at radius 2 is 2.18 bits per heavy atom. The van der Waals surface area contributed by atoms with Crippen LogP contribution in [0.15, 0.2) is 29.5 Å². The van der Waals surface area contributed by atoms with Crippen LogP contribution in [0.5, 0.6) is 11.5 Å². The second-order valence-electron chi connectivity index (χ2n) is 3.54. The van der Waals surface area contributed by atoms with E-state index < -0.39 is 0 Å². The van der Waals surface area contributed by atoms with Gasteiger partial charge in [0.25, 0.3) is 0 Å². The molecule has 2 rings (SSSR count). The molecule has 6 heteroatoms. The van der Waals surface area contributed by atoms with Crippen molar-refractivity contribution in [2.45, 2.75) is 6.92 Å². The highest BCUT2D eigenvalue weighted by molar-refractivity contribution is 5.84. The largest absolute Gasteiger partial charge is 0.504 e. The molecule has 17 heavy (non-hydrogen) atoms. The van der Waals surface area contributed by atoms with E-state index in [4.69, 9.17) is 5.73 Å². The molecule has 0 amide bonds. The lowest BCUT2D eigenvalue weighted by atomic mass is 10.2. The molecule has 0 radical (unpaired) electrons. The van der Waals surface area contributed by atoms with Crippen molar-refractivity contribution in [3.05, 3.63) is 35.7 Å². The number of phenolic OH excluding ortho intramolecular Hbond substituents is 2. The van der Waals surface area contributed by atoms with Crippen LogP contribution in [0.25, 0.3) is 0 Å². The van der Waals surface area contributed by atoms with E-state index in [-0.39, 0.29) is 17.4 Å². The number of anilines is 1. The fraction of sp³-hybridized carbons (Fsp3) is 0.0909. The number of nitrogens with zero attached hydrogens (tertiary/aromatic N) is 3. The number of hydrogen-bond acceptors (Lipinski definition) is 5. The molecule has 0 aliphatic heterocycles. The summed E-state index contributed by atoms with van der Waals surface area (Å²) in [6, 6.07) is 4.62. The van der Waals surface area contributed by atoms with Crippen molar-refractivity contribution < 1.29 is 10.2 Å². The number of aromatic hydroxyl groups is 2. The molecular formula is C11H12N4O2. The lowest BCUT2D eigenvalue weighted by Crippen LogP contribution is -1.97.